The van der Waals surface area contributed by atoms with Crippen molar-refractivity contribution in [2.75, 3.05) is 6.61 Å². The van der Waals surface area contributed by atoms with E-state index in [4.69, 9.17) is 0 Å². The summed E-state index contributed by atoms with van der Waals surface area (Å²) in [6.45, 7) is 0.160. The Kier molecular flexibility index (Phi) is 4.48. The quantitative estimate of drug-likeness (QED) is 0.739. The lowest BCUT2D eigenvalue weighted by molar-refractivity contribution is 0.0876. The lowest BCUT2D eigenvalue weighted by atomic mass is 9.85. The molecular weight excluding hydrogens is 254 g/mol. The maximum Gasteiger partial charge on any atom is 0.261 e. The van der Waals surface area contributed by atoms with Gasteiger partial charge in [-0.1, -0.05) is 12.8 Å². The van der Waals surface area contributed by atoms with Crippen LogP contribution in [0.1, 0.15) is 35.4 Å². The van der Waals surface area contributed by atoms with Gasteiger partial charge >= 0.3 is 0 Å². The van der Waals surface area contributed by atoms with Gasteiger partial charge in [0.15, 0.2) is 0 Å². The minimum atomic E-state index is -0.0411. The normalized spacial score (nSPS) is 24.6. The van der Waals surface area contributed by atoms with Gasteiger partial charge in [-0.2, -0.15) is 0 Å². The molecule has 0 saturated heterocycles. The number of thiophene rings is 1. The van der Waals surface area contributed by atoms with Crippen LogP contribution in [0.25, 0.3) is 0 Å². The molecule has 2 rings (SSSR count). The van der Waals surface area contributed by atoms with E-state index in [1.165, 1.54) is 11.3 Å². The zero-order valence-electron chi connectivity index (χ0n) is 9.56. The highest BCUT2D eigenvalue weighted by molar-refractivity contribution is 7.80. The lowest BCUT2D eigenvalue weighted by Crippen LogP contribution is -2.43. The van der Waals surface area contributed by atoms with Crippen LogP contribution in [0.4, 0.5) is 0 Å². The Hall–Kier alpha value is -0.520. The van der Waals surface area contributed by atoms with Gasteiger partial charge in [-0.3, -0.25) is 4.79 Å². The van der Waals surface area contributed by atoms with E-state index in [0.717, 1.165) is 30.6 Å². The summed E-state index contributed by atoms with van der Waals surface area (Å²) >= 11 is 5.60. The summed E-state index contributed by atoms with van der Waals surface area (Å²) in [6.07, 6.45) is 4.25. The van der Waals surface area contributed by atoms with Gasteiger partial charge in [0.1, 0.15) is 0 Å². The molecule has 2 N–H and O–H groups in total. The first-order valence-corrected chi connectivity index (χ1v) is 7.22. The molecule has 94 valence electrons. The van der Waals surface area contributed by atoms with Gasteiger partial charge in [0.2, 0.25) is 0 Å². The number of aliphatic hydroxyl groups is 1. The number of hydrogen-bond acceptors (Lipinski definition) is 4. The summed E-state index contributed by atoms with van der Waals surface area (Å²) < 4.78 is 0. The molecule has 0 bridgehead atoms. The van der Waals surface area contributed by atoms with E-state index in [2.05, 4.69) is 17.9 Å². The van der Waals surface area contributed by atoms with Crippen molar-refractivity contribution in [1.29, 1.82) is 0 Å². The maximum absolute atomic E-state index is 12.0. The van der Waals surface area contributed by atoms with Crippen LogP contribution in [-0.4, -0.2) is 23.7 Å². The van der Waals surface area contributed by atoms with E-state index in [0.29, 0.717) is 4.88 Å². The van der Waals surface area contributed by atoms with Crippen molar-refractivity contribution < 1.29 is 9.90 Å². The van der Waals surface area contributed by atoms with Crippen molar-refractivity contribution in [2.45, 2.75) is 36.6 Å². The van der Waals surface area contributed by atoms with Crippen molar-refractivity contribution in [1.82, 2.24) is 5.32 Å². The van der Waals surface area contributed by atoms with Crippen molar-refractivity contribution in [3.8, 4) is 0 Å². The predicted octanol–water partition coefficient (Wildman–Crippen LogP) is 2.32. The fourth-order valence-electron chi connectivity index (χ4n) is 2.30. The topological polar surface area (TPSA) is 49.3 Å². The molecule has 0 aliphatic heterocycles. The van der Waals surface area contributed by atoms with Crippen LogP contribution < -0.4 is 5.32 Å². The van der Waals surface area contributed by atoms with Crippen LogP contribution in [0.15, 0.2) is 16.3 Å². The Morgan fingerprint density at radius 1 is 1.53 bits per heavy atom. The van der Waals surface area contributed by atoms with Crippen molar-refractivity contribution in [3.63, 3.8) is 0 Å². The standard InChI is InChI=1S/C12H17NO2S2/c14-6-8-3-1-2-4-10(8)13-12(15)11-5-9(16)7-17-11/h5,7-8,10,14,16H,1-4,6H2,(H,13,15). The highest BCUT2D eigenvalue weighted by Crippen LogP contribution is 2.25. The number of hydrogen-bond donors (Lipinski definition) is 3. The van der Waals surface area contributed by atoms with E-state index in [1.807, 2.05) is 5.38 Å². The SMILES string of the molecule is O=C(NC1CCCCC1CO)c1cc(S)cs1. The fourth-order valence-corrected chi connectivity index (χ4v) is 3.35. The first-order valence-electron chi connectivity index (χ1n) is 5.90. The minimum Gasteiger partial charge on any atom is -0.396 e. The second-order valence-corrected chi connectivity index (χ2v) is 5.90. The first-order chi connectivity index (χ1) is 8.20. The van der Waals surface area contributed by atoms with E-state index in [-0.39, 0.29) is 24.5 Å². The second kappa shape index (κ2) is 5.89. The number of aliphatic hydroxyl groups excluding tert-OH is 1. The molecule has 17 heavy (non-hydrogen) atoms. The molecule has 0 spiro atoms. The van der Waals surface area contributed by atoms with Gasteiger partial charge in [0.25, 0.3) is 5.91 Å². The van der Waals surface area contributed by atoms with E-state index in [1.54, 1.807) is 6.07 Å². The van der Waals surface area contributed by atoms with Gasteiger partial charge in [-0.05, 0) is 18.9 Å². The van der Waals surface area contributed by atoms with Crippen LogP contribution in [0, 0.1) is 5.92 Å². The van der Waals surface area contributed by atoms with Gasteiger partial charge in [-0.15, -0.1) is 24.0 Å². The third-order valence-corrected chi connectivity index (χ3v) is 4.63. The molecule has 1 fully saturated rings. The molecule has 1 aromatic rings. The monoisotopic (exact) mass is 271 g/mol. The number of carbonyl (C=O) groups excluding carboxylic acids is 1. The maximum atomic E-state index is 12.0. The molecule has 5 heteroatoms. The van der Waals surface area contributed by atoms with Gasteiger partial charge in [0.05, 0.1) is 4.88 Å². The summed E-state index contributed by atoms with van der Waals surface area (Å²) in [5, 5.41) is 14.2. The molecule has 0 radical (unpaired) electrons. The largest absolute Gasteiger partial charge is 0.396 e. The number of amides is 1. The summed E-state index contributed by atoms with van der Waals surface area (Å²) in [7, 11) is 0. The Morgan fingerprint density at radius 3 is 2.94 bits per heavy atom. The molecule has 3 nitrogen and oxygen atoms in total. The molecule has 1 aliphatic rings. The van der Waals surface area contributed by atoms with Crippen LogP contribution in [0.3, 0.4) is 0 Å². The highest BCUT2D eigenvalue weighted by Gasteiger charge is 2.26. The Balaban J connectivity index is 1.97. The van der Waals surface area contributed by atoms with Gasteiger partial charge in [0, 0.05) is 28.8 Å². The molecule has 2 atom stereocenters. The molecule has 1 saturated carbocycles. The molecular formula is C12H17NO2S2. The zero-order valence-corrected chi connectivity index (χ0v) is 11.3. The molecule has 2 unspecified atom stereocenters. The smallest absolute Gasteiger partial charge is 0.261 e. The van der Waals surface area contributed by atoms with E-state index in [9.17, 15) is 9.90 Å². The molecule has 1 amide bonds. The summed E-state index contributed by atoms with van der Waals surface area (Å²) in [6, 6.07) is 1.89. The first kappa shape index (κ1) is 12.9. The number of carbonyl (C=O) groups is 1. The second-order valence-electron chi connectivity index (χ2n) is 4.48. The highest BCUT2D eigenvalue weighted by atomic mass is 32.1. The molecule has 1 aliphatic carbocycles. The van der Waals surface area contributed by atoms with Crippen LogP contribution in [-0.2, 0) is 0 Å². The van der Waals surface area contributed by atoms with Crippen LogP contribution in [0.5, 0.6) is 0 Å². The number of rotatable bonds is 3. The van der Waals surface area contributed by atoms with Crippen molar-refractivity contribution in [2.24, 2.45) is 5.92 Å². The summed E-state index contributed by atoms with van der Waals surface area (Å²) in [5.41, 5.74) is 0. The number of thiol groups is 1. The number of nitrogens with one attached hydrogen (secondary N) is 1. The fraction of sp³-hybridized carbons (Fsp3) is 0.583. The molecule has 0 aromatic carbocycles. The van der Waals surface area contributed by atoms with Crippen LogP contribution >= 0.6 is 24.0 Å². The van der Waals surface area contributed by atoms with Crippen molar-refractivity contribution in [3.05, 3.63) is 16.3 Å². The average molecular weight is 271 g/mol. The summed E-state index contributed by atoms with van der Waals surface area (Å²) in [5.74, 6) is 0.170. The van der Waals surface area contributed by atoms with E-state index < -0.39 is 0 Å². The van der Waals surface area contributed by atoms with E-state index >= 15 is 0 Å². The minimum absolute atomic E-state index is 0.0411. The lowest BCUT2D eigenvalue weighted by Gasteiger charge is -2.30. The predicted molar refractivity (Wildman–Crippen MR) is 71.9 cm³/mol. The Bertz CT molecular complexity index is 392. The molecule has 1 heterocycles. The van der Waals surface area contributed by atoms with Gasteiger partial charge < -0.3 is 10.4 Å². The Morgan fingerprint density at radius 2 is 2.29 bits per heavy atom. The van der Waals surface area contributed by atoms with Crippen LogP contribution in [0.2, 0.25) is 0 Å². The zero-order chi connectivity index (χ0) is 12.3. The molecule has 1 aromatic heterocycles. The van der Waals surface area contributed by atoms with Crippen molar-refractivity contribution >= 4 is 29.9 Å². The van der Waals surface area contributed by atoms with Gasteiger partial charge in [-0.25, -0.2) is 0 Å². The Labute approximate surface area is 111 Å². The third-order valence-electron chi connectivity index (χ3n) is 3.27. The summed E-state index contributed by atoms with van der Waals surface area (Å²) in [4.78, 5) is 13.5. The third kappa shape index (κ3) is 3.24. The average Bonchev–Trinajstić information content (AvgIpc) is 2.77.